The van der Waals surface area contributed by atoms with Crippen molar-refractivity contribution in [2.75, 3.05) is 0 Å². The van der Waals surface area contributed by atoms with Crippen molar-refractivity contribution in [3.63, 3.8) is 0 Å². The first kappa shape index (κ1) is 8.62. The van der Waals surface area contributed by atoms with Crippen LogP contribution in [0.1, 0.15) is 5.82 Å². The van der Waals surface area contributed by atoms with Gasteiger partial charge in [0, 0.05) is 24.0 Å². The van der Waals surface area contributed by atoms with E-state index in [9.17, 15) is 4.79 Å². The number of rotatable bonds is 1. The second-order valence-corrected chi connectivity index (χ2v) is 2.96. The lowest BCUT2D eigenvalue weighted by Crippen LogP contribution is -2.08. The van der Waals surface area contributed by atoms with Gasteiger partial charge in [0.05, 0.1) is 5.69 Å². The summed E-state index contributed by atoms with van der Waals surface area (Å²) < 4.78 is 0. The standard InChI is InChI=1S/C10H9N3O/c1-7-12-9(5-10(14)13-7)8-3-2-4-11-6-8/h2-6H,1H3,(H,12,13,14). The maximum Gasteiger partial charge on any atom is 0.251 e. The average molecular weight is 187 g/mol. The van der Waals surface area contributed by atoms with Gasteiger partial charge in [0.1, 0.15) is 5.82 Å². The van der Waals surface area contributed by atoms with Gasteiger partial charge in [-0.1, -0.05) is 0 Å². The van der Waals surface area contributed by atoms with Gasteiger partial charge in [-0.15, -0.1) is 0 Å². The van der Waals surface area contributed by atoms with Gasteiger partial charge < -0.3 is 4.98 Å². The molecule has 2 heterocycles. The molecule has 0 saturated carbocycles. The average Bonchev–Trinajstić information content (AvgIpc) is 2.18. The van der Waals surface area contributed by atoms with Gasteiger partial charge in [0.15, 0.2) is 0 Å². The zero-order chi connectivity index (χ0) is 9.97. The third-order valence-corrected chi connectivity index (χ3v) is 1.82. The summed E-state index contributed by atoms with van der Waals surface area (Å²) in [6.07, 6.45) is 3.37. The summed E-state index contributed by atoms with van der Waals surface area (Å²) in [6, 6.07) is 5.14. The molecule has 0 atom stereocenters. The first-order valence-corrected chi connectivity index (χ1v) is 4.24. The summed E-state index contributed by atoms with van der Waals surface area (Å²) in [6.45, 7) is 1.75. The Kier molecular flexibility index (Phi) is 2.10. The van der Waals surface area contributed by atoms with Crippen LogP contribution in [-0.4, -0.2) is 15.0 Å². The maximum atomic E-state index is 11.2. The summed E-state index contributed by atoms with van der Waals surface area (Å²) in [5.41, 5.74) is 1.36. The number of nitrogens with zero attached hydrogens (tertiary/aromatic N) is 2. The van der Waals surface area contributed by atoms with Crippen molar-refractivity contribution in [2.24, 2.45) is 0 Å². The van der Waals surface area contributed by atoms with E-state index in [4.69, 9.17) is 0 Å². The van der Waals surface area contributed by atoms with Gasteiger partial charge in [0.25, 0.3) is 5.56 Å². The van der Waals surface area contributed by atoms with Crippen LogP contribution in [0.3, 0.4) is 0 Å². The van der Waals surface area contributed by atoms with Gasteiger partial charge in [-0.25, -0.2) is 4.98 Å². The number of H-pyrrole nitrogens is 1. The fraction of sp³-hybridized carbons (Fsp3) is 0.100. The molecule has 0 aliphatic heterocycles. The summed E-state index contributed by atoms with van der Waals surface area (Å²) in [5.74, 6) is 0.608. The molecule has 0 amide bonds. The Morgan fingerprint density at radius 1 is 1.43 bits per heavy atom. The lowest BCUT2D eigenvalue weighted by molar-refractivity contribution is 1.02. The van der Waals surface area contributed by atoms with Gasteiger partial charge in [-0.05, 0) is 19.1 Å². The minimum absolute atomic E-state index is 0.142. The molecule has 0 unspecified atom stereocenters. The first-order chi connectivity index (χ1) is 6.75. The quantitative estimate of drug-likeness (QED) is 0.728. The monoisotopic (exact) mass is 187 g/mol. The highest BCUT2D eigenvalue weighted by atomic mass is 16.1. The van der Waals surface area contributed by atoms with E-state index in [1.165, 1.54) is 6.07 Å². The van der Waals surface area contributed by atoms with Crippen LogP contribution in [-0.2, 0) is 0 Å². The molecule has 14 heavy (non-hydrogen) atoms. The molecule has 4 heteroatoms. The van der Waals surface area contributed by atoms with Crippen LogP contribution in [0.25, 0.3) is 11.3 Å². The number of pyridine rings is 1. The van der Waals surface area contributed by atoms with E-state index < -0.39 is 0 Å². The number of hydrogen-bond donors (Lipinski definition) is 1. The van der Waals surface area contributed by atoms with Crippen LogP contribution < -0.4 is 5.56 Å². The zero-order valence-electron chi connectivity index (χ0n) is 7.69. The van der Waals surface area contributed by atoms with Crippen LogP contribution >= 0.6 is 0 Å². The molecule has 70 valence electrons. The largest absolute Gasteiger partial charge is 0.311 e. The molecule has 0 bridgehead atoms. The fourth-order valence-electron chi connectivity index (χ4n) is 1.24. The second-order valence-electron chi connectivity index (χ2n) is 2.96. The van der Waals surface area contributed by atoms with E-state index >= 15 is 0 Å². The molecule has 0 aliphatic rings. The smallest absolute Gasteiger partial charge is 0.251 e. The Labute approximate surface area is 80.7 Å². The van der Waals surface area contributed by atoms with Crippen molar-refractivity contribution < 1.29 is 0 Å². The molecular formula is C10H9N3O. The van der Waals surface area contributed by atoms with Crippen molar-refractivity contribution in [1.29, 1.82) is 0 Å². The van der Waals surface area contributed by atoms with E-state index in [2.05, 4.69) is 15.0 Å². The van der Waals surface area contributed by atoms with Crippen LogP contribution in [0.15, 0.2) is 35.4 Å². The first-order valence-electron chi connectivity index (χ1n) is 4.24. The van der Waals surface area contributed by atoms with Crippen molar-refractivity contribution in [3.05, 3.63) is 46.8 Å². The molecule has 2 rings (SSSR count). The molecular weight excluding hydrogens is 178 g/mol. The summed E-state index contributed by atoms with van der Waals surface area (Å²) in [4.78, 5) is 21.9. The summed E-state index contributed by atoms with van der Waals surface area (Å²) in [5, 5.41) is 0. The lowest BCUT2D eigenvalue weighted by Gasteiger charge is -1.99. The number of aromatic nitrogens is 3. The molecule has 1 N–H and O–H groups in total. The minimum atomic E-state index is -0.142. The highest BCUT2D eigenvalue weighted by Gasteiger charge is 2.00. The number of nitrogens with one attached hydrogen (secondary N) is 1. The maximum absolute atomic E-state index is 11.2. The molecule has 2 aromatic heterocycles. The SMILES string of the molecule is Cc1nc(-c2cccnc2)cc(=O)[nH]1. The predicted octanol–water partition coefficient (Wildman–Crippen LogP) is 1.14. The highest BCUT2D eigenvalue weighted by Crippen LogP contribution is 2.12. The molecule has 0 saturated heterocycles. The third kappa shape index (κ3) is 1.69. The lowest BCUT2D eigenvalue weighted by atomic mass is 10.2. The molecule has 0 spiro atoms. The molecule has 2 aromatic rings. The van der Waals surface area contributed by atoms with Crippen LogP contribution in [0.5, 0.6) is 0 Å². The topological polar surface area (TPSA) is 58.6 Å². The number of hydrogen-bond acceptors (Lipinski definition) is 3. The second kappa shape index (κ2) is 3.41. The molecule has 0 fully saturated rings. The van der Waals surface area contributed by atoms with Gasteiger partial charge in [-0.3, -0.25) is 9.78 Å². The van der Waals surface area contributed by atoms with Gasteiger partial charge in [0.2, 0.25) is 0 Å². The van der Waals surface area contributed by atoms with Crippen LogP contribution in [0.2, 0.25) is 0 Å². The van der Waals surface area contributed by atoms with Crippen molar-refractivity contribution in [2.45, 2.75) is 6.92 Å². The molecule has 0 aromatic carbocycles. The zero-order valence-corrected chi connectivity index (χ0v) is 7.69. The number of aryl methyl sites for hydroxylation is 1. The summed E-state index contributed by atoms with van der Waals surface area (Å²) >= 11 is 0. The van der Waals surface area contributed by atoms with Gasteiger partial charge in [-0.2, -0.15) is 0 Å². The minimum Gasteiger partial charge on any atom is -0.311 e. The Bertz CT molecular complexity index is 490. The Balaban J connectivity index is 2.58. The van der Waals surface area contributed by atoms with Crippen LogP contribution in [0, 0.1) is 6.92 Å². The Morgan fingerprint density at radius 3 is 2.93 bits per heavy atom. The molecule has 0 radical (unpaired) electrons. The van der Waals surface area contributed by atoms with Crippen molar-refractivity contribution in [3.8, 4) is 11.3 Å². The highest BCUT2D eigenvalue weighted by molar-refractivity contribution is 5.56. The van der Waals surface area contributed by atoms with E-state index in [1.54, 1.807) is 19.3 Å². The Hall–Kier alpha value is -1.97. The van der Waals surface area contributed by atoms with Crippen molar-refractivity contribution >= 4 is 0 Å². The van der Waals surface area contributed by atoms with Gasteiger partial charge >= 0.3 is 0 Å². The van der Waals surface area contributed by atoms with E-state index in [0.29, 0.717) is 11.5 Å². The fourth-order valence-corrected chi connectivity index (χ4v) is 1.24. The van der Waals surface area contributed by atoms with E-state index in [1.807, 2.05) is 12.1 Å². The van der Waals surface area contributed by atoms with E-state index in [-0.39, 0.29) is 5.56 Å². The van der Waals surface area contributed by atoms with Crippen molar-refractivity contribution in [1.82, 2.24) is 15.0 Å². The van der Waals surface area contributed by atoms with E-state index in [0.717, 1.165) is 5.56 Å². The normalized spacial score (nSPS) is 10.1. The Morgan fingerprint density at radius 2 is 2.29 bits per heavy atom. The molecule has 0 aliphatic carbocycles. The number of aromatic amines is 1. The summed E-state index contributed by atoms with van der Waals surface area (Å²) in [7, 11) is 0. The molecule has 4 nitrogen and oxygen atoms in total. The third-order valence-electron chi connectivity index (χ3n) is 1.82. The predicted molar refractivity (Wildman–Crippen MR) is 52.8 cm³/mol. The van der Waals surface area contributed by atoms with Crippen LogP contribution in [0.4, 0.5) is 0 Å².